The summed E-state index contributed by atoms with van der Waals surface area (Å²) in [6.07, 6.45) is 1.52. The van der Waals surface area contributed by atoms with Gasteiger partial charge in [0.1, 0.15) is 5.69 Å². The van der Waals surface area contributed by atoms with Crippen LogP contribution in [0.2, 0.25) is 0 Å². The predicted octanol–water partition coefficient (Wildman–Crippen LogP) is 2.16. The maximum Gasteiger partial charge on any atom is 0.322 e. The van der Waals surface area contributed by atoms with Gasteiger partial charge in [0, 0.05) is 23.7 Å². The fourth-order valence-electron chi connectivity index (χ4n) is 3.92. The summed E-state index contributed by atoms with van der Waals surface area (Å²) in [5.74, 6) is -0.428. The number of rotatable bonds is 4. The lowest BCUT2D eigenvalue weighted by molar-refractivity contribution is -0.385. The zero-order valence-corrected chi connectivity index (χ0v) is 15.3. The van der Waals surface area contributed by atoms with E-state index in [0.29, 0.717) is 6.54 Å². The van der Waals surface area contributed by atoms with Gasteiger partial charge < -0.3 is 10.6 Å². The summed E-state index contributed by atoms with van der Waals surface area (Å²) in [4.78, 5) is 23.6. The molecule has 1 aliphatic heterocycles. The minimum atomic E-state index is -0.528. The van der Waals surface area contributed by atoms with Gasteiger partial charge in [-0.1, -0.05) is 0 Å². The van der Waals surface area contributed by atoms with Crippen molar-refractivity contribution in [1.82, 2.24) is 20.4 Å². The number of piperidine rings is 1. The van der Waals surface area contributed by atoms with Crippen molar-refractivity contribution in [3.05, 3.63) is 21.5 Å². The minimum absolute atomic E-state index is 0.0362. The number of nitrogens with zero attached hydrogens (tertiary/aromatic N) is 3. The molecule has 1 amide bonds. The van der Waals surface area contributed by atoms with Gasteiger partial charge in [0.25, 0.3) is 5.91 Å². The largest absolute Gasteiger partial charge is 0.348 e. The Morgan fingerprint density at radius 3 is 2.38 bits per heavy atom. The fourth-order valence-corrected chi connectivity index (χ4v) is 3.92. The van der Waals surface area contributed by atoms with Gasteiger partial charge in [0.2, 0.25) is 5.69 Å². The molecule has 0 aliphatic carbocycles. The third kappa shape index (κ3) is 3.75. The average molecular weight is 337 g/mol. The number of hydrogen-bond donors (Lipinski definition) is 2. The number of carbonyl (C=O) groups excluding carboxylic acids is 1. The standard InChI is InChI=1S/C16H27N5O3/c1-7-20-13(12(21(23)24)10(2)18-20)14(22)17-11-8-15(3,4)19-16(5,6)9-11/h11,19H,7-9H2,1-6H3,(H,17,22). The molecule has 0 spiro atoms. The van der Waals surface area contributed by atoms with Crippen LogP contribution in [0, 0.1) is 17.0 Å². The molecule has 1 fully saturated rings. The Bertz CT molecular complexity index is 647. The molecule has 1 aromatic rings. The zero-order chi connectivity index (χ0) is 18.3. The quantitative estimate of drug-likeness (QED) is 0.647. The van der Waals surface area contributed by atoms with E-state index in [9.17, 15) is 14.9 Å². The minimum Gasteiger partial charge on any atom is -0.348 e. The lowest BCUT2D eigenvalue weighted by atomic mass is 9.79. The first-order chi connectivity index (χ1) is 11.0. The Morgan fingerprint density at radius 1 is 1.38 bits per heavy atom. The van der Waals surface area contributed by atoms with Crippen LogP contribution < -0.4 is 10.6 Å². The Morgan fingerprint density at radius 2 is 1.92 bits per heavy atom. The van der Waals surface area contributed by atoms with E-state index in [1.807, 2.05) is 6.92 Å². The third-order valence-corrected chi connectivity index (χ3v) is 4.32. The van der Waals surface area contributed by atoms with E-state index < -0.39 is 10.8 Å². The highest BCUT2D eigenvalue weighted by atomic mass is 16.6. The molecule has 0 radical (unpaired) electrons. The second-order valence-corrected chi connectivity index (χ2v) is 7.83. The Balaban J connectivity index is 2.29. The van der Waals surface area contributed by atoms with Gasteiger partial charge >= 0.3 is 5.69 Å². The van der Waals surface area contributed by atoms with E-state index in [1.165, 1.54) is 4.68 Å². The van der Waals surface area contributed by atoms with Crippen molar-refractivity contribution in [3.8, 4) is 0 Å². The predicted molar refractivity (Wildman–Crippen MR) is 91.1 cm³/mol. The summed E-state index contributed by atoms with van der Waals surface area (Å²) in [7, 11) is 0. The smallest absolute Gasteiger partial charge is 0.322 e. The summed E-state index contributed by atoms with van der Waals surface area (Å²) < 4.78 is 1.40. The Hall–Kier alpha value is -1.96. The molecule has 1 aromatic heterocycles. The zero-order valence-electron chi connectivity index (χ0n) is 15.3. The van der Waals surface area contributed by atoms with Gasteiger partial charge in [-0.15, -0.1) is 0 Å². The van der Waals surface area contributed by atoms with Crippen molar-refractivity contribution in [2.45, 2.75) is 78.0 Å². The second-order valence-electron chi connectivity index (χ2n) is 7.83. The van der Waals surface area contributed by atoms with Crippen LogP contribution in [0.4, 0.5) is 5.69 Å². The number of nitrogens with one attached hydrogen (secondary N) is 2. The van der Waals surface area contributed by atoms with Gasteiger partial charge in [-0.05, 0) is 54.4 Å². The molecule has 0 bridgehead atoms. The van der Waals surface area contributed by atoms with Crippen molar-refractivity contribution in [2.24, 2.45) is 0 Å². The van der Waals surface area contributed by atoms with Crippen LogP contribution in [0.1, 0.15) is 63.6 Å². The average Bonchev–Trinajstić information content (AvgIpc) is 2.71. The van der Waals surface area contributed by atoms with E-state index in [4.69, 9.17) is 0 Å². The van der Waals surface area contributed by atoms with E-state index >= 15 is 0 Å². The van der Waals surface area contributed by atoms with Crippen molar-refractivity contribution < 1.29 is 9.72 Å². The van der Waals surface area contributed by atoms with E-state index in [2.05, 4.69) is 43.4 Å². The van der Waals surface area contributed by atoms with Crippen LogP contribution in [0.5, 0.6) is 0 Å². The molecule has 0 saturated carbocycles. The van der Waals surface area contributed by atoms with Crippen LogP contribution in [0.3, 0.4) is 0 Å². The molecule has 1 aliphatic rings. The molecule has 0 unspecified atom stereocenters. The molecule has 2 N–H and O–H groups in total. The molecule has 2 rings (SSSR count). The second kappa shape index (κ2) is 6.16. The highest BCUT2D eigenvalue weighted by Gasteiger charge is 2.39. The van der Waals surface area contributed by atoms with Crippen LogP contribution in [0.15, 0.2) is 0 Å². The summed E-state index contributed by atoms with van der Waals surface area (Å²) >= 11 is 0. The molecule has 24 heavy (non-hydrogen) atoms. The Labute approximate surface area is 142 Å². The van der Waals surface area contributed by atoms with Gasteiger partial charge in [-0.3, -0.25) is 19.6 Å². The highest BCUT2D eigenvalue weighted by molar-refractivity contribution is 5.97. The molecular weight excluding hydrogens is 310 g/mol. The monoisotopic (exact) mass is 337 g/mol. The van der Waals surface area contributed by atoms with Gasteiger partial charge in [0.05, 0.1) is 4.92 Å². The van der Waals surface area contributed by atoms with Crippen molar-refractivity contribution >= 4 is 11.6 Å². The number of nitro groups is 1. The molecule has 0 atom stereocenters. The maximum atomic E-state index is 12.8. The summed E-state index contributed by atoms with van der Waals surface area (Å²) in [6, 6.07) is -0.0520. The van der Waals surface area contributed by atoms with Gasteiger partial charge in [0.15, 0.2) is 0 Å². The first kappa shape index (κ1) is 18.4. The Kier molecular flexibility index (Phi) is 4.72. The number of amides is 1. The van der Waals surface area contributed by atoms with Crippen LogP contribution in [-0.2, 0) is 6.54 Å². The third-order valence-electron chi connectivity index (χ3n) is 4.32. The first-order valence-electron chi connectivity index (χ1n) is 8.28. The highest BCUT2D eigenvalue weighted by Crippen LogP contribution is 2.29. The van der Waals surface area contributed by atoms with Crippen molar-refractivity contribution in [1.29, 1.82) is 0 Å². The molecule has 1 saturated heterocycles. The first-order valence-corrected chi connectivity index (χ1v) is 8.28. The normalized spacial score (nSPS) is 19.9. The van der Waals surface area contributed by atoms with Crippen LogP contribution >= 0.6 is 0 Å². The lowest BCUT2D eigenvalue weighted by Crippen LogP contribution is -2.62. The topological polar surface area (TPSA) is 102 Å². The number of aromatic nitrogens is 2. The van der Waals surface area contributed by atoms with Crippen LogP contribution in [0.25, 0.3) is 0 Å². The molecule has 8 nitrogen and oxygen atoms in total. The van der Waals surface area contributed by atoms with Crippen molar-refractivity contribution in [3.63, 3.8) is 0 Å². The van der Waals surface area contributed by atoms with Crippen molar-refractivity contribution in [2.75, 3.05) is 0 Å². The number of aryl methyl sites for hydroxylation is 2. The summed E-state index contributed by atoms with van der Waals surface area (Å²) in [5, 5.41) is 22.0. The molecule has 2 heterocycles. The van der Waals surface area contributed by atoms with E-state index in [1.54, 1.807) is 6.92 Å². The number of carbonyl (C=O) groups is 1. The summed E-state index contributed by atoms with van der Waals surface area (Å²) in [5.41, 5.74) is -0.145. The molecule has 134 valence electrons. The van der Waals surface area contributed by atoms with Gasteiger partial charge in [-0.25, -0.2) is 0 Å². The molecule has 8 heteroatoms. The molecular formula is C16H27N5O3. The fraction of sp³-hybridized carbons (Fsp3) is 0.750. The van der Waals surface area contributed by atoms with Gasteiger partial charge in [-0.2, -0.15) is 5.10 Å². The summed E-state index contributed by atoms with van der Waals surface area (Å²) in [6.45, 7) is 12.1. The maximum absolute atomic E-state index is 12.8. The van der Waals surface area contributed by atoms with E-state index in [0.717, 1.165) is 12.8 Å². The lowest BCUT2D eigenvalue weighted by Gasteiger charge is -2.46. The van der Waals surface area contributed by atoms with Crippen LogP contribution in [-0.4, -0.2) is 37.7 Å². The number of hydrogen-bond acceptors (Lipinski definition) is 5. The van der Waals surface area contributed by atoms with E-state index in [-0.39, 0.29) is 34.2 Å². The SMILES string of the molecule is CCn1nc(C)c([N+](=O)[O-])c1C(=O)NC1CC(C)(C)NC(C)(C)C1. The molecule has 0 aromatic carbocycles.